The Morgan fingerprint density at radius 3 is 2.67 bits per heavy atom. The molecule has 0 amide bonds. The van der Waals surface area contributed by atoms with Crippen LogP contribution in [0, 0.1) is 0 Å². The molecule has 0 unspecified atom stereocenters. The summed E-state index contributed by atoms with van der Waals surface area (Å²) in [5.41, 5.74) is 2.38. The fourth-order valence-corrected chi connectivity index (χ4v) is 1.88. The van der Waals surface area contributed by atoms with Gasteiger partial charge in [-0.05, 0) is 38.7 Å². The number of hydrogen-bond acceptors (Lipinski definition) is 5. The Hall–Kier alpha value is -1.30. The van der Waals surface area contributed by atoms with Crippen LogP contribution in [0.4, 0.5) is 11.4 Å². The smallest absolute Gasteiger partial charge is 0.146 e. The fraction of sp³-hybridized carbons (Fsp3) is 0.625. The molecule has 0 aromatic heterocycles. The van der Waals surface area contributed by atoms with Crippen molar-refractivity contribution in [1.82, 2.24) is 4.90 Å². The lowest BCUT2D eigenvalue weighted by Crippen LogP contribution is -2.28. The van der Waals surface area contributed by atoms with E-state index in [-0.39, 0.29) is 0 Å². The number of ether oxygens (including phenoxy) is 2. The summed E-state index contributed by atoms with van der Waals surface area (Å²) in [6, 6.07) is 8.51. The molecule has 0 radical (unpaired) electrons. The van der Waals surface area contributed by atoms with Crippen molar-refractivity contribution < 1.29 is 9.47 Å². The third kappa shape index (κ3) is 7.90. The Morgan fingerprint density at radius 1 is 1.14 bits per heavy atom. The van der Waals surface area contributed by atoms with E-state index in [1.54, 1.807) is 7.11 Å². The van der Waals surface area contributed by atoms with Gasteiger partial charge in [-0.25, -0.2) is 0 Å². The second-order valence-electron chi connectivity index (χ2n) is 5.37. The van der Waals surface area contributed by atoms with Crippen molar-refractivity contribution in [2.75, 3.05) is 71.5 Å². The maximum Gasteiger partial charge on any atom is 0.146 e. The highest BCUT2D eigenvalue weighted by molar-refractivity contribution is 5.57. The van der Waals surface area contributed by atoms with Crippen LogP contribution in [0.2, 0.25) is 0 Å². The molecule has 5 nitrogen and oxygen atoms in total. The summed E-state index contributed by atoms with van der Waals surface area (Å²) in [6.45, 7) is 4.04. The van der Waals surface area contributed by atoms with Crippen LogP contribution in [0.5, 0.6) is 0 Å². The monoisotopic (exact) mass is 295 g/mol. The van der Waals surface area contributed by atoms with Gasteiger partial charge in [0, 0.05) is 45.2 Å². The highest BCUT2D eigenvalue weighted by atomic mass is 16.7. The van der Waals surface area contributed by atoms with Crippen LogP contribution >= 0.6 is 0 Å². The SMILES string of the molecule is COCOCCCNc1cccc(N(C)CCN(C)C)c1. The van der Waals surface area contributed by atoms with E-state index in [9.17, 15) is 0 Å². The standard InChI is InChI=1S/C16H29N3O2/c1-18(2)10-11-19(3)16-8-5-7-15(13-16)17-9-6-12-21-14-20-4/h5,7-8,13,17H,6,9-12,14H2,1-4H3. The summed E-state index contributed by atoms with van der Waals surface area (Å²) >= 11 is 0. The molecule has 1 rings (SSSR count). The average molecular weight is 295 g/mol. The first-order chi connectivity index (χ1) is 10.1. The summed E-state index contributed by atoms with van der Waals surface area (Å²) in [7, 11) is 7.95. The number of anilines is 2. The van der Waals surface area contributed by atoms with E-state index in [4.69, 9.17) is 9.47 Å². The molecule has 1 N–H and O–H groups in total. The predicted molar refractivity (Wildman–Crippen MR) is 89.2 cm³/mol. The van der Waals surface area contributed by atoms with Crippen LogP contribution in [-0.4, -0.2) is 66.2 Å². The molecule has 120 valence electrons. The largest absolute Gasteiger partial charge is 0.385 e. The molecule has 21 heavy (non-hydrogen) atoms. The van der Waals surface area contributed by atoms with Gasteiger partial charge in [-0.15, -0.1) is 0 Å². The number of rotatable bonds is 11. The minimum Gasteiger partial charge on any atom is -0.385 e. The van der Waals surface area contributed by atoms with Crippen LogP contribution < -0.4 is 10.2 Å². The van der Waals surface area contributed by atoms with Crippen molar-refractivity contribution in [3.63, 3.8) is 0 Å². The lowest BCUT2D eigenvalue weighted by molar-refractivity contribution is -0.0303. The molecule has 1 aromatic rings. The lowest BCUT2D eigenvalue weighted by atomic mass is 10.2. The third-order valence-corrected chi connectivity index (χ3v) is 3.17. The second-order valence-corrected chi connectivity index (χ2v) is 5.37. The van der Waals surface area contributed by atoms with Gasteiger partial charge in [0.15, 0.2) is 0 Å². The molecule has 1 aromatic carbocycles. The van der Waals surface area contributed by atoms with E-state index < -0.39 is 0 Å². The quantitative estimate of drug-likeness (QED) is 0.500. The van der Waals surface area contributed by atoms with E-state index in [0.717, 1.165) is 31.7 Å². The molecule has 0 saturated carbocycles. The van der Waals surface area contributed by atoms with Crippen molar-refractivity contribution in [3.8, 4) is 0 Å². The zero-order valence-corrected chi connectivity index (χ0v) is 13.8. The van der Waals surface area contributed by atoms with Crippen LogP contribution in [0.25, 0.3) is 0 Å². The molecule has 0 atom stereocenters. The second kappa shape index (κ2) is 10.4. The van der Waals surface area contributed by atoms with Crippen LogP contribution in [0.3, 0.4) is 0 Å². The van der Waals surface area contributed by atoms with Crippen LogP contribution in [0.1, 0.15) is 6.42 Å². The lowest BCUT2D eigenvalue weighted by Gasteiger charge is -2.22. The van der Waals surface area contributed by atoms with Crippen molar-refractivity contribution in [1.29, 1.82) is 0 Å². The van der Waals surface area contributed by atoms with Gasteiger partial charge in [0.1, 0.15) is 6.79 Å². The van der Waals surface area contributed by atoms with Crippen molar-refractivity contribution in [2.24, 2.45) is 0 Å². The Balaban J connectivity index is 2.34. The normalized spacial score (nSPS) is 10.9. The summed E-state index contributed by atoms with van der Waals surface area (Å²) in [4.78, 5) is 4.46. The molecule has 0 aliphatic carbocycles. The van der Waals surface area contributed by atoms with Gasteiger partial charge in [0.2, 0.25) is 0 Å². The van der Waals surface area contributed by atoms with E-state index in [1.807, 2.05) is 0 Å². The molecule has 0 aliphatic heterocycles. The van der Waals surface area contributed by atoms with Gasteiger partial charge in [-0.3, -0.25) is 0 Å². The van der Waals surface area contributed by atoms with Gasteiger partial charge >= 0.3 is 0 Å². The first-order valence-corrected chi connectivity index (χ1v) is 7.40. The van der Waals surface area contributed by atoms with Gasteiger partial charge in [0.25, 0.3) is 0 Å². The predicted octanol–water partition coefficient (Wildman–Crippen LogP) is 2.11. The summed E-state index contributed by atoms with van der Waals surface area (Å²) in [5.74, 6) is 0. The first-order valence-electron chi connectivity index (χ1n) is 7.40. The molecule has 0 saturated heterocycles. The minimum atomic E-state index is 0.367. The Morgan fingerprint density at radius 2 is 1.95 bits per heavy atom. The van der Waals surface area contributed by atoms with Crippen molar-refractivity contribution in [3.05, 3.63) is 24.3 Å². The highest BCUT2D eigenvalue weighted by Crippen LogP contribution is 2.18. The number of hydrogen-bond donors (Lipinski definition) is 1. The van der Waals surface area contributed by atoms with Crippen molar-refractivity contribution in [2.45, 2.75) is 6.42 Å². The topological polar surface area (TPSA) is 37.0 Å². The third-order valence-electron chi connectivity index (χ3n) is 3.17. The van der Waals surface area contributed by atoms with Gasteiger partial charge < -0.3 is 24.6 Å². The summed E-state index contributed by atoms with van der Waals surface area (Å²) < 4.78 is 10.1. The Labute approximate surface area is 128 Å². The molecular weight excluding hydrogens is 266 g/mol. The molecule has 0 bridgehead atoms. The van der Waals surface area contributed by atoms with E-state index in [0.29, 0.717) is 13.4 Å². The molecule has 0 fully saturated rings. The zero-order chi connectivity index (χ0) is 15.5. The molecule has 5 heteroatoms. The maximum absolute atomic E-state index is 5.26. The number of benzene rings is 1. The molecule has 0 heterocycles. The summed E-state index contributed by atoms with van der Waals surface area (Å²) in [5, 5.41) is 3.42. The maximum atomic E-state index is 5.26. The van der Waals surface area contributed by atoms with E-state index in [2.05, 4.69) is 60.5 Å². The van der Waals surface area contributed by atoms with Gasteiger partial charge in [0.05, 0.1) is 6.61 Å². The fourth-order valence-electron chi connectivity index (χ4n) is 1.88. The minimum absolute atomic E-state index is 0.367. The van der Waals surface area contributed by atoms with E-state index in [1.165, 1.54) is 5.69 Å². The van der Waals surface area contributed by atoms with Crippen LogP contribution in [0.15, 0.2) is 24.3 Å². The molecule has 0 spiro atoms. The zero-order valence-electron chi connectivity index (χ0n) is 13.8. The Kier molecular flexibility index (Phi) is 8.82. The number of methoxy groups -OCH3 is 1. The van der Waals surface area contributed by atoms with Crippen molar-refractivity contribution >= 4 is 11.4 Å². The molecule has 0 aliphatic rings. The highest BCUT2D eigenvalue weighted by Gasteiger charge is 2.02. The average Bonchev–Trinajstić information content (AvgIpc) is 2.48. The number of nitrogens with one attached hydrogen (secondary N) is 1. The number of likely N-dealkylation sites (N-methyl/N-ethyl adjacent to an activating group) is 2. The Bertz CT molecular complexity index is 386. The van der Waals surface area contributed by atoms with Gasteiger partial charge in [-0.2, -0.15) is 0 Å². The number of nitrogens with zero attached hydrogens (tertiary/aromatic N) is 2. The summed E-state index contributed by atoms with van der Waals surface area (Å²) in [6.07, 6.45) is 0.962. The first kappa shape index (κ1) is 17.8. The van der Waals surface area contributed by atoms with Crippen LogP contribution in [-0.2, 0) is 9.47 Å². The van der Waals surface area contributed by atoms with Gasteiger partial charge in [-0.1, -0.05) is 6.07 Å². The molecular formula is C16H29N3O2. The van der Waals surface area contributed by atoms with E-state index >= 15 is 0 Å².